The number of methoxy groups -OCH3 is 1. The van der Waals surface area contributed by atoms with Crippen molar-refractivity contribution in [3.05, 3.63) is 59.7 Å². The van der Waals surface area contributed by atoms with Gasteiger partial charge >= 0.3 is 0 Å². The minimum Gasteiger partial charge on any atom is -0.493 e. The number of aliphatic hydroxyl groups is 1. The maximum absolute atomic E-state index is 11.8. The molecule has 0 bridgehead atoms. The number of nitrogens with one attached hydrogen (secondary N) is 1. The Labute approximate surface area is 170 Å². The van der Waals surface area contributed by atoms with Crippen LogP contribution in [0.3, 0.4) is 0 Å². The van der Waals surface area contributed by atoms with Gasteiger partial charge in [0.25, 0.3) is 5.91 Å². The molecular weight excluding hydrogens is 372 g/mol. The van der Waals surface area contributed by atoms with Crippen molar-refractivity contribution >= 4 is 12.1 Å². The van der Waals surface area contributed by atoms with Gasteiger partial charge in [-0.25, -0.2) is 4.99 Å². The Morgan fingerprint density at radius 1 is 1.10 bits per heavy atom. The van der Waals surface area contributed by atoms with Crippen molar-refractivity contribution in [3.8, 4) is 11.5 Å². The molecule has 0 aromatic heterocycles. The Balaban J connectivity index is 1.41. The monoisotopic (exact) mass is 398 g/mol. The van der Waals surface area contributed by atoms with Gasteiger partial charge in [-0.2, -0.15) is 0 Å². The SMILES string of the molecule is COc1ccccc1OCC(C)NCC(O)COC1C=NC(=O)c2ccccc21. The fourth-order valence-electron chi connectivity index (χ4n) is 2.98. The summed E-state index contributed by atoms with van der Waals surface area (Å²) >= 11 is 0. The zero-order valence-corrected chi connectivity index (χ0v) is 16.6. The van der Waals surface area contributed by atoms with Gasteiger partial charge in [-0.1, -0.05) is 30.3 Å². The van der Waals surface area contributed by atoms with E-state index in [0.717, 1.165) is 5.56 Å². The molecule has 1 amide bonds. The number of aliphatic imine (C=N–C) groups is 1. The molecule has 0 saturated heterocycles. The van der Waals surface area contributed by atoms with Crippen molar-refractivity contribution in [2.75, 3.05) is 26.9 Å². The van der Waals surface area contributed by atoms with Crippen LogP contribution in [0.4, 0.5) is 0 Å². The second-order valence-electron chi connectivity index (χ2n) is 6.85. The highest BCUT2D eigenvalue weighted by atomic mass is 16.5. The molecule has 2 N–H and O–H groups in total. The van der Waals surface area contributed by atoms with Crippen LogP contribution in [0.5, 0.6) is 11.5 Å². The van der Waals surface area contributed by atoms with Gasteiger partial charge in [0.05, 0.1) is 19.8 Å². The number of rotatable bonds is 10. The first-order valence-corrected chi connectivity index (χ1v) is 9.54. The van der Waals surface area contributed by atoms with Crippen molar-refractivity contribution in [1.82, 2.24) is 5.32 Å². The van der Waals surface area contributed by atoms with E-state index in [2.05, 4.69) is 10.3 Å². The molecule has 1 aliphatic heterocycles. The summed E-state index contributed by atoms with van der Waals surface area (Å²) in [6.45, 7) is 2.87. The number of carbonyl (C=O) groups excluding carboxylic acids is 1. The molecule has 0 saturated carbocycles. The molecule has 2 aromatic carbocycles. The third-order valence-electron chi connectivity index (χ3n) is 4.55. The molecule has 3 atom stereocenters. The lowest BCUT2D eigenvalue weighted by Gasteiger charge is -2.22. The van der Waals surface area contributed by atoms with Gasteiger partial charge in [0.2, 0.25) is 0 Å². The number of para-hydroxylation sites is 2. The number of benzene rings is 2. The second kappa shape index (κ2) is 10.2. The van der Waals surface area contributed by atoms with Gasteiger partial charge in [0, 0.05) is 24.4 Å². The van der Waals surface area contributed by atoms with Crippen molar-refractivity contribution in [2.24, 2.45) is 4.99 Å². The molecule has 0 fully saturated rings. The molecule has 3 unspecified atom stereocenters. The number of carbonyl (C=O) groups is 1. The van der Waals surface area contributed by atoms with Crippen molar-refractivity contribution in [3.63, 3.8) is 0 Å². The lowest BCUT2D eigenvalue weighted by molar-refractivity contribution is 0.0161. The average molecular weight is 398 g/mol. The second-order valence-corrected chi connectivity index (χ2v) is 6.85. The molecule has 29 heavy (non-hydrogen) atoms. The fraction of sp³-hybridized carbons (Fsp3) is 0.364. The first-order chi connectivity index (χ1) is 14.1. The van der Waals surface area contributed by atoms with Crippen LogP contribution < -0.4 is 14.8 Å². The Morgan fingerprint density at radius 3 is 2.62 bits per heavy atom. The maximum Gasteiger partial charge on any atom is 0.277 e. The van der Waals surface area contributed by atoms with Crippen molar-refractivity contribution < 1.29 is 24.1 Å². The molecule has 1 heterocycles. The predicted molar refractivity (Wildman–Crippen MR) is 110 cm³/mol. The third-order valence-corrected chi connectivity index (χ3v) is 4.55. The molecule has 154 valence electrons. The highest BCUT2D eigenvalue weighted by molar-refractivity contribution is 6.04. The number of hydrogen-bond donors (Lipinski definition) is 2. The molecule has 7 heteroatoms. The zero-order chi connectivity index (χ0) is 20.6. The van der Waals surface area contributed by atoms with Crippen LogP contribution in [0.2, 0.25) is 0 Å². The quantitative estimate of drug-likeness (QED) is 0.639. The minimum atomic E-state index is -0.707. The van der Waals surface area contributed by atoms with E-state index in [1.807, 2.05) is 43.3 Å². The number of amides is 1. The molecular formula is C22H26N2O5. The van der Waals surface area contributed by atoms with E-state index in [9.17, 15) is 9.90 Å². The highest BCUT2D eigenvalue weighted by Crippen LogP contribution is 2.26. The van der Waals surface area contributed by atoms with E-state index in [4.69, 9.17) is 14.2 Å². The zero-order valence-electron chi connectivity index (χ0n) is 16.6. The van der Waals surface area contributed by atoms with Gasteiger partial charge in [0.15, 0.2) is 11.5 Å². The smallest absolute Gasteiger partial charge is 0.277 e. The first kappa shape index (κ1) is 21.0. The Bertz CT molecular complexity index is 855. The average Bonchev–Trinajstić information content (AvgIpc) is 2.76. The van der Waals surface area contributed by atoms with Gasteiger partial charge in [-0.3, -0.25) is 4.79 Å². The van der Waals surface area contributed by atoms with Crippen LogP contribution in [0.1, 0.15) is 28.9 Å². The van der Waals surface area contributed by atoms with Gasteiger partial charge in [-0.05, 0) is 30.7 Å². The summed E-state index contributed by atoms with van der Waals surface area (Å²) in [6.07, 6.45) is 0.334. The van der Waals surface area contributed by atoms with Crippen LogP contribution in [0.25, 0.3) is 0 Å². The van der Waals surface area contributed by atoms with Crippen LogP contribution >= 0.6 is 0 Å². The van der Waals surface area contributed by atoms with E-state index in [1.165, 1.54) is 6.21 Å². The summed E-state index contributed by atoms with van der Waals surface area (Å²) in [5.74, 6) is 1.09. The first-order valence-electron chi connectivity index (χ1n) is 9.54. The Kier molecular flexibility index (Phi) is 7.35. The van der Waals surface area contributed by atoms with Gasteiger partial charge in [0.1, 0.15) is 12.7 Å². The molecule has 0 radical (unpaired) electrons. The van der Waals surface area contributed by atoms with Gasteiger partial charge < -0.3 is 24.6 Å². The Morgan fingerprint density at radius 2 is 1.83 bits per heavy atom. The normalized spacial score (nSPS) is 17.5. The van der Waals surface area contributed by atoms with E-state index in [-0.39, 0.29) is 18.6 Å². The third kappa shape index (κ3) is 5.63. The molecule has 0 spiro atoms. The summed E-state index contributed by atoms with van der Waals surface area (Å²) in [6, 6.07) is 14.7. The summed E-state index contributed by atoms with van der Waals surface area (Å²) < 4.78 is 16.8. The van der Waals surface area contributed by atoms with Crippen LogP contribution in [0, 0.1) is 0 Å². The molecule has 1 aliphatic rings. The number of nitrogens with zero attached hydrogens (tertiary/aromatic N) is 1. The lowest BCUT2D eigenvalue weighted by atomic mass is 10.00. The highest BCUT2D eigenvalue weighted by Gasteiger charge is 2.23. The van der Waals surface area contributed by atoms with E-state index >= 15 is 0 Å². The van der Waals surface area contributed by atoms with E-state index < -0.39 is 12.2 Å². The molecule has 7 nitrogen and oxygen atoms in total. The van der Waals surface area contributed by atoms with Crippen molar-refractivity contribution in [2.45, 2.75) is 25.2 Å². The number of fused-ring (bicyclic) bond motifs is 1. The standard InChI is InChI=1S/C22H26N2O5/c1-15(13-28-20-10-6-5-9-19(20)27-2)23-11-16(25)14-29-21-12-24-22(26)18-8-4-3-7-17(18)21/h3-10,12,15-16,21,23,25H,11,13-14H2,1-2H3. The van der Waals surface area contributed by atoms with Gasteiger partial charge in [-0.15, -0.1) is 0 Å². The maximum atomic E-state index is 11.8. The number of aliphatic hydroxyl groups excluding tert-OH is 1. The predicted octanol–water partition coefficient (Wildman–Crippen LogP) is 2.40. The summed E-state index contributed by atoms with van der Waals surface area (Å²) in [4.78, 5) is 15.7. The van der Waals surface area contributed by atoms with E-state index in [1.54, 1.807) is 19.2 Å². The number of ether oxygens (including phenoxy) is 3. The number of hydrogen-bond acceptors (Lipinski definition) is 6. The summed E-state index contributed by atoms with van der Waals surface area (Å²) in [7, 11) is 1.60. The largest absolute Gasteiger partial charge is 0.493 e. The molecule has 2 aromatic rings. The van der Waals surface area contributed by atoms with Crippen molar-refractivity contribution in [1.29, 1.82) is 0 Å². The summed E-state index contributed by atoms with van der Waals surface area (Å²) in [5, 5.41) is 13.5. The molecule has 3 rings (SSSR count). The van der Waals surface area contributed by atoms with Crippen LogP contribution in [-0.2, 0) is 4.74 Å². The lowest BCUT2D eigenvalue weighted by Crippen LogP contribution is -2.39. The van der Waals surface area contributed by atoms with Crippen LogP contribution in [0.15, 0.2) is 53.5 Å². The minimum absolute atomic E-state index is 0.0177. The Hall–Kier alpha value is -2.74. The fourth-order valence-corrected chi connectivity index (χ4v) is 2.98. The van der Waals surface area contributed by atoms with Crippen LogP contribution in [-0.4, -0.2) is 56.2 Å². The topological polar surface area (TPSA) is 89.4 Å². The summed E-state index contributed by atoms with van der Waals surface area (Å²) in [5.41, 5.74) is 1.31. The molecule has 0 aliphatic carbocycles. The van der Waals surface area contributed by atoms with E-state index in [0.29, 0.717) is 30.2 Å².